The Hall–Kier alpha value is -3.49. The van der Waals surface area contributed by atoms with Crippen LogP contribution in [0.2, 0.25) is 0 Å². The van der Waals surface area contributed by atoms with Gasteiger partial charge in [-0.3, -0.25) is 14.4 Å². The number of carbonyl (C=O) groups excluding carboxylic acids is 2. The average molecular weight is 380 g/mol. The third-order valence-corrected chi connectivity index (χ3v) is 4.66. The molecule has 3 heterocycles. The second-order valence-electron chi connectivity index (χ2n) is 6.69. The molecule has 0 saturated carbocycles. The van der Waals surface area contributed by atoms with Crippen LogP contribution in [-0.2, 0) is 17.9 Å². The van der Waals surface area contributed by atoms with Gasteiger partial charge in [-0.2, -0.15) is 5.10 Å². The van der Waals surface area contributed by atoms with Gasteiger partial charge in [0.25, 0.3) is 11.5 Å². The number of aromatic nitrogens is 4. The topological polar surface area (TPSA) is 113 Å². The molecule has 1 aromatic carbocycles. The second-order valence-corrected chi connectivity index (χ2v) is 6.69. The summed E-state index contributed by atoms with van der Waals surface area (Å²) in [4.78, 5) is 45.9. The van der Waals surface area contributed by atoms with Gasteiger partial charge in [0.05, 0.1) is 17.6 Å². The van der Waals surface area contributed by atoms with Gasteiger partial charge in [0, 0.05) is 19.2 Å². The summed E-state index contributed by atoms with van der Waals surface area (Å²) in [5.41, 5.74) is 1.44. The van der Waals surface area contributed by atoms with Gasteiger partial charge >= 0.3 is 0 Å². The third kappa shape index (κ3) is 3.78. The molecule has 2 aromatic heterocycles. The van der Waals surface area contributed by atoms with Gasteiger partial charge in [-0.05, 0) is 31.0 Å². The second kappa shape index (κ2) is 7.63. The van der Waals surface area contributed by atoms with E-state index in [9.17, 15) is 14.4 Å². The SMILES string of the molecule is O=C(Cn1nc(C(=O)N2CCCC2)ccc1=O)NCc1nc2ccccc2[nH]1. The zero-order chi connectivity index (χ0) is 19.5. The van der Waals surface area contributed by atoms with Crippen molar-refractivity contribution < 1.29 is 9.59 Å². The molecule has 0 atom stereocenters. The quantitative estimate of drug-likeness (QED) is 0.676. The lowest BCUT2D eigenvalue weighted by molar-refractivity contribution is -0.122. The van der Waals surface area contributed by atoms with Crippen molar-refractivity contribution in [2.75, 3.05) is 13.1 Å². The van der Waals surface area contributed by atoms with E-state index in [0.29, 0.717) is 18.9 Å². The van der Waals surface area contributed by atoms with E-state index in [1.54, 1.807) is 4.90 Å². The summed E-state index contributed by atoms with van der Waals surface area (Å²) in [6, 6.07) is 10.2. The van der Waals surface area contributed by atoms with Gasteiger partial charge in [-0.25, -0.2) is 9.67 Å². The first-order chi connectivity index (χ1) is 13.6. The Labute approximate surface area is 160 Å². The Morgan fingerprint density at radius 1 is 1.11 bits per heavy atom. The highest BCUT2D eigenvalue weighted by Crippen LogP contribution is 2.11. The van der Waals surface area contributed by atoms with Crippen LogP contribution in [0.3, 0.4) is 0 Å². The lowest BCUT2D eigenvalue weighted by Crippen LogP contribution is -2.36. The molecule has 1 aliphatic rings. The molecule has 0 spiro atoms. The van der Waals surface area contributed by atoms with Crippen molar-refractivity contribution in [3.63, 3.8) is 0 Å². The van der Waals surface area contributed by atoms with Crippen molar-refractivity contribution in [1.82, 2.24) is 30.0 Å². The Balaban J connectivity index is 1.41. The van der Waals surface area contributed by atoms with Crippen LogP contribution in [0.1, 0.15) is 29.2 Å². The standard InChI is InChI=1S/C19H20N6O3/c26-17(20-11-16-21-13-5-1-2-6-14(13)22-16)12-25-18(27)8-7-15(23-25)19(28)24-9-3-4-10-24/h1-2,5-8H,3-4,9-12H2,(H,20,26)(H,21,22). The fourth-order valence-corrected chi connectivity index (χ4v) is 3.22. The number of hydrogen-bond acceptors (Lipinski definition) is 5. The van der Waals surface area contributed by atoms with E-state index >= 15 is 0 Å². The number of imidazole rings is 1. The highest BCUT2D eigenvalue weighted by molar-refractivity contribution is 5.92. The number of para-hydroxylation sites is 2. The van der Waals surface area contributed by atoms with Crippen molar-refractivity contribution in [1.29, 1.82) is 0 Å². The van der Waals surface area contributed by atoms with Gasteiger partial charge in [0.2, 0.25) is 5.91 Å². The number of fused-ring (bicyclic) bond motifs is 1. The summed E-state index contributed by atoms with van der Waals surface area (Å²) in [5, 5.41) is 6.79. The number of rotatable bonds is 5. The highest BCUT2D eigenvalue weighted by Gasteiger charge is 2.21. The lowest BCUT2D eigenvalue weighted by atomic mass is 10.3. The van der Waals surface area contributed by atoms with Crippen molar-refractivity contribution in [3.05, 3.63) is 58.3 Å². The maximum absolute atomic E-state index is 12.4. The molecule has 4 rings (SSSR count). The zero-order valence-corrected chi connectivity index (χ0v) is 15.2. The molecule has 0 unspecified atom stereocenters. The van der Waals surface area contributed by atoms with Crippen LogP contribution in [0.4, 0.5) is 0 Å². The summed E-state index contributed by atoms with van der Waals surface area (Å²) in [5.74, 6) is 0.0163. The van der Waals surface area contributed by atoms with Crippen LogP contribution in [0.15, 0.2) is 41.2 Å². The lowest BCUT2D eigenvalue weighted by Gasteiger charge is -2.15. The number of likely N-dealkylation sites (tertiary alicyclic amines) is 1. The van der Waals surface area contributed by atoms with Crippen LogP contribution in [-0.4, -0.2) is 49.6 Å². The molecule has 0 radical (unpaired) electrons. The van der Waals surface area contributed by atoms with Crippen LogP contribution in [0.25, 0.3) is 11.0 Å². The summed E-state index contributed by atoms with van der Waals surface area (Å²) in [7, 11) is 0. The van der Waals surface area contributed by atoms with Gasteiger partial charge in [0.1, 0.15) is 18.1 Å². The van der Waals surface area contributed by atoms with E-state index in [0.717, 1.165) is 28.6 Å². The number of carbonyl (C=O) groups is 2. The number of aromatic amines is 1. The molecule has 2 N–H and O–H groups in total. The minimum Gasteiger partial charge on any atom is -0.347 e. The van der Waals surface area contributed by atoms with Crippen LogP contribution in [0.5, 0.6) is 0 Å². The molecule has 0 aliphatic carbocycles. The first-order valence-corrected chi connectivity index (χ1v) is 9.18. The Morgan fingerprint density at radius 2 is 1.89 bits per heavy atom. The number of hydrogen-bond donors (Lipinski definition) is 2. The zero-order valence-electron chi connectivity index (χ0n) is 15.2. The molecule has 1 aliphatic heterocycles. The summed E-state index contributed by atoms with van der Waals surface area (Å²) in [6.07, 6.45) is 1.94. The molecule has 2 amide bonds. The molecular weight excluding hydrogens is 360 g/mol. The summed E-state index contributed by atoms with van der Waals surface area (Å²) in [6.45, 7) is 1.32. The number of nitrogens with zero attached hydrogens (tertiary/aromatic N) is 4. The fourth-order valence-electron chi connectivity index (χ4n) is 3.22. The molecular formula is C19H20N6O3. The van der Waals surface area contributed by atoms with E-state index in [1.165, 1.54) is 12.1 Å². The molecule has 1 saturated heterocycles. The van der Waals surface area contributed by atoms with Crippen LogP contribution < -0.4 is 10.9 Å². The Bertz CT molecular complexity index is 1050. The predicted octanol–water partition coefficient (Wildman–Crippen LogP) is 0.672. The smallest absolute Gasteiger partial charge is 0.274 e. The van der Waals surface area contributed by atoms with Gasteiger partial charge in [0.15, 0.2) is 0 Å². The van der Waals surface area contributed by atoms with Crippen molar-refractivity contribution >= 4 is 22.8 Å². The van der Waals surface area contributed by atoms with Crippen LogP contribution in [0, 0.1) is 0 Å². The Morgan fingerprint density at radius 3 is 2.68 bits per heavy atom. The summed E-state index contributed by atoms with van der Waals surface area (Å²) >= 11 is 0. The van der Waals surface area contributed by atoms with Crippen molar-refractivity contribution in [2.45, 2.75) is 25.9 Å². The first-order valence-electron chi connectivity index (χ1n) is 9.18. The van der Waals surface area contributed by atoms with E-state index in [4.69, 9.17) is 0 Å². The van der Waals surface area contributed by atoms with Gasteiger partial charge < -0.3 is 15.2 Å². The largest absolute Gasteiger partial charge is 0.347 e. The van der Waals surface area contributed by atoms with Crippen LogP contribution >= 0.6 is 0 Å². The third-order valence-electron chi connectivity index (χ3n) is 4.66. The Kier molecular flexibility index (Phi) is 4.88. The highest BCUT2D eigenvalue weighted by atomic mass is 16.2. The van der Waals surface area contributed by atoms with Gasteiger partial charge in [-0.1, -0.05) is 12.1 Å². The molecule has 9 heteroatoms. The molecule has 3 aromatic rings. The van der Waals surface area contributed by atoms with E-state index in [1.807, 2.05) is 24.3 Å². The van der Waals surface area contributed by atoms with E-state index in [-0.39, 0.29) is 30.6 Å². The summed E-state index contributed by atoms with van der Waals surface area (Å²) < 4.78 is 1.01. The van der Waals surface area contributed by atoms with E-state index in [2.05, 4.69) is 20.4 Å². The first kappa shape index (κ1) is 17.9. The van der Waals surface area contributed by atoms with E-state index < -0.39 is 5.56 Å². The number of benzene rings is 1. The number of amides is 2. The minimum absolute atomic E-state index is 0.173. The fraction of sp³-hybridized carbons (Fsp3) is 0.316. The maximum Gasteiger partial charge on any atom is 0.274 e. The normalized spacial score (nSPS) is 13.8. The van der Waals surface area contributed by atoms with Gasteiger partial charge in [-0.15, -0.1) is 0 Å². The minimum atomic E-state index is -0.433. The molecule has 9 nitrogen and oxygen atoms in total. The maximum atomic E-state index is 12.4. The number of H-pyrrole nitrogens is 1. The molecule has 144 valence electrons. The predicted molar refractivity (Wildman–Crippen MR) is 102 cm³/mol. The molecule has 28 heavy (non-hydrogen) atoms. The molecule has 0 bridgehead atoms. The molecule has 1 fully saturated rings. The van der Waals surface area contributed by atoms with Crippen molar-refractivity contribution in [2.24, 2.45) is 0 Å². The monoisotopic (exact) mass is 380 g/mol. The average Bonchev–Trinajstić information content (AvgIpc) is 3.37. The van der Waals surface area contributed by atoms with Crippen molar-refractivity contribution in [3.8, 4) is 0 Å². The number of nitrogens with one attached hydrogen (secondary N) is 2.